The number of hydrogen-bond acceptors (Lipinski definition) is 4. The van der Waals surface area contributed by atoms with Crippen molar-refractivity contribution in [3.63, 3.8) is 0 Å². The predicted molar refractivity (Wildman–Crippen MR) is 59.6 cm³/mol. The molecule has 0 bridgehead atoms. The Morgan fingerprint density at radius 1 is 1.35 bits per heavy atom. The van der Waals surface area contributed by atoms with Crippen LogP contribution in [-0.2, 0) is 14.3 Å². The molecule has 1 saturated carbocycles. The number of carboxylic acid groups (broad SMARTS) is 1. The molecule has 1 unspecified atom stereocenters. The standard InChI is InChI=1S/C12H19NO4/c14-11(15)10(9-2-3-9)13-5-1-4-12(8-13)16-6-7-17-12/h9-10H,1-8H2,(H,14,15). The highest BCUT2D eigenvalue weighted by Gasteiger charge is 2.47. The van der Waals surface area contributed by atoms with E-state index < -0.39 is 11.8 Å². The molecule has 0 aromatic carbocycles. The summed E-state index contributed by atoms with van der Waals surface area (Å²) < 4.78 is 11.4. The Hall–Kier alpha value is -0.650. The normalized spacial score (nSPS) is 30.6. The molecule has 1 atom stereocenters. The van der Waals surface area contributed by atoms with E-state index in [0.717, 1.165) is 32.2 Å². The van der Waals surface area contributed by atoms with E-state index in [2.05, 4.69) is 4.90 Å². The highest BCUT2D eigenvalue weighted by molar-refractivity contribution is 5.74. The third-order valence-electron chi connectivity index (χ3n) is 3.98. The Labute approximate surface area is 101 Å². The van der Waals surface area contributed by atoms with E-state index in [9.17, 15) is 9.90 Å². The maximum Gasteiger partial charge on any atom is 0.321 e. The fourth-order valence-corrected chi connectivity index (χ4v) is 3.06. The summed E-state index contributed by atoms with van der Waals surface area (Å²) in [5, 5.41) is 9.34. The van der Waals surface area contributed by atoms with Gasteiger partial charge in [-0.3, -0.25) is 9.69 Å². The first-order valence-corrected chi connectivity index (χ1v) is 6.45. The van der Waals surface area contributed by atoms with Crippen LogP contribution < -0.4 is 0 Å². The summed E-state index contributed by atoms with van der Waals surface area (Å²) in [5.41, 5.74) is 0. The molecule has 17 heavy (non-hydrogen) atoms. The van der Waals surface area contributed by atoms with Gasteiger partial charge in [-0.05, 0) is 31.7 Å². The Morgan fingerprint density at radius 2 is 2.06 bits per heavy atom. The van der Waals surface area contributed by atoms with Gasteiger partial charge in [0.15, 0.2) is 5.79 Å². The lowest BCUT2D eigenvalue weighted by Crippen LogP contribution is -2.55. The number of ether oxygens (including phenoxy) is 2. The van der Waals surface area contributed by atoms with E-state index in [1.54, 1.807) is 0 Å². The van der Waals surface area contributed by atoms with Crippen molar-refractivity contribution >= 4 is 5.97 Å². The first-order valence-electron chi connectivity index (χ1n) is 6.45. The zero-order valence-corrected chi connectivity index (χ0v) is 9.93. The SMILES string of the molecule is O=C(O)C(C1CC1)N1CCCC2(C1)OCCO2. The van der Waals surface area contributed by atoms with E-state index in [-0.39, 0.29) is 6.04 Å². The van der Waals surface area contributed by atoms with Crippen LogP contribution in [0.2, 0.25) is 0 Å². The summed E-state index contributed by atoms with van der Waals surface area (Å²) >= 11 is 0. The van der Waals surface area contributed by atoms with Crippen molar-refractivity contribution in [3.8, 4) is 0 Å². The molecule has 3 fully saturated rings. The van der Waals surface area contributed by atoms with E-state index in [1.807, 2.05) is 0 Å². The second kappa shape index (κ2) is 4.23. The molecule has 1 spiro atoms. The van der Waals surface area contributed by atoms with Gasteiger partial charge >= 0.3 is 5.97 Å². The van der Waals surface area contributed by atoms with E-state index in [0.29, 0.717) is 25.7 Å². The van der Waals surface area contributed by atoms with E-state index in [1.165, 1.54) is 0 Å². The minimum Gasteiger partial charge on any atom is -0.480 e. The molecule has 5 heteroatoms. The lowest BCUT2D eigenvalue weighted by molar-refractivity contribution is -0.197. The van der Waals surface area contributed by atoms with E-state index in [4.69, 9.17) is 9.47 Å². The van der Waals surface area contributed by atoms with Gasteiger partial charge < -0.3 is 14.6 Å². The minimum absolute atomic E-state index is 0.333. The maximum absolute atomic E-state index is 11.4. The third kappa shape index (κ3) is 2.19. The van der Waals surface area contributed by atoms with Crippen molar-refractivity contribution in [2.75, 3.05) is 26.3 Å². The lowest BCUT2D eigenvalue weighted by Gasteiger charge is -2.41. The van der Waals surface area contributed by atoms with Gasteiger partial charge in [-0.15, -0.1) is 0 Å². The van der Waals surface area contributed by atoms with Crippen molar-refractivity contribution in [3.05, 3.63) is 0 Å². The van der Waals surface area contributed by atoms with Crippen LogP contribution in [0.3, 0.4) is 0 Å². The Morgan fingerprint density at radius 3 is 2.65 bits per heavy atom. The van der Waals surface area contributed by atoms with Crippen molar-refractivity contribution < 1.29 is 19.4 Å². The zero-order valence-electron chi connectivity index (χ0n) is 9.93. The average molecular weight is 241 g/mol. The molecule has 96 valence electrons. The van der Waals surface area contributed by atoms with Crippen LogP contribution in [0.4, 0.5) is 0 Å². The smallest absolute Gasteiger partial charge is 0.321 e. The van der Waals surface area contributed by atoms with Crippen molar-refractivity contribution in [2.24, 2.45) is 5.92 Å². The first-order chi connectivity index (χ1) is 8.20. The number of nitrogens with zero attached hydrogens (tertiary/aromatic N) is 1. The molecule has 0 amide bonds. The zero-order chi connectivity index (χ0) is 11.9. The maximum atomic E-state index is 11.4. The molecular formula is C12H19NO4. The monoisotopic (exact) mass is 241 g/mol. The first kappa shape index (κ1) is 11.4. The molecule has 5 nitrogen and oxygen atoms in total. The summed E-state index contributed by atoms with van der Waals surface area (Å²) in [6.07, 6.45) is 3.93. The molecular weight excluding hydrogens is 222 g/mol. The number of piperidine rings is 1. The summed E-state index contributed by atoms with van der Waals surface area (Å²) in [7, 11) is 0. The molecule has 3 rings (SSSR count). The second-order valence-electron chi connectivity index (χ2n) is 5.30. The number of hydrogen-bond donors (Lipinski definition) is 1. The van der Waals surface area contributed by atoms with Gasteiger partial charge in [0.1, 0.15) is 6.04 Å². The lowest BCUT2D eigenvalue weighted by atomic mass is 10.0. The van der Waals surface area contributed by atoms with Gasteiger partial charge in [-0.1, -0.05) is 0 Å². The van der Waals surface area contributed by atoms with Crippen molar-refractivity contribution in [2.45, 2.75) is 37.5 Å². The summed E-state index contributed by atoms with van der Waals surface area (Å²) in [4.78, 5) is 13.4. The summed E-state index contributed by atoms with van der Waals surface area (Å²) in [6, 6.07) is -0.333. The molecule has 0 aromatic rings. The number of carboxylic acids is 1. The average Bonchev–Trinajstić information content (AvgIpc) is 3.01. The molecule has 3 aliphatic rings. The number of aliphatic carboxylic acids is 1. The van der Waals surface area contributed by atoms with Crippen LogP contribution >= 0.6 is 0 Å². The molecule has 0 aromatic heterocycles. The van der Waals surface area contributed by atoms with Crippen LogP contribution in [0.15, 0.2) is 0 Å². The van der Waals surface area contributed by atoms with Crippen LogP contribution in [0.25, 0.3) is 0 Å². The van der Waals surface area contributed by atoms with Crippen LogP contribution in [0, 0.1) is 5.92 Å². The summed E-state index contributed by atoms with van der Waals surface area (Å²) in [5.74, 6) is -0.868. The summed E-state index contributed by atoms with van der Waals surface area (Å²) in [6.45, 7) is 2.73. The predicted octanol–water partition coefficient (Wildman–Crippen LogP) is 0.688. The second-order valence-corrected chi connectivity index (χ2v) is 5.30. The molecule has 2 heterocycles. The fourth-order valence-electron chi connectivity index (χ4n) is 3.06. The molecule has 1 aliphatic carbocycles. The highest BCUT2D eigenvalue weighted by Crippen LogP contribution is 2.39. The number of rotatable bonds is 3. The van der Waals surface area contributed by atoms with Crippen LogP contribution in [0.1, 0.15) is 25.7 Å². The molecule has 1 N–H and O–H groups in total. The highest BCUT2D eigenvalue weighted by atomic mass is 16.7. The number of likely N-dealkylation sites (tertiary alicyclic amines) is 1. The largest absolute Gasteiger partial charge is 0.480 e. The Balaban J connectivity index is 1.71. The van der Waals surface area contributed by atoms with Gasteiger partial charge in [-0.2, -0.15) is 0 Å². The van der Waals surface area contributed by atoms with Gasteiger partial charge in [0.05, 0.1) is 19.8 Å². The molecule has 0 radical (unpaired) electrons. The molecule has 2 aliphatic heterocycles. The topological polar surface area (TPSA) is 59.0 Å². The third-order valence-corrected chi connectivity index (χ3v) is 3.98. The molecule has 2 saturated heterocycles. The Kier molecular flexibility index (Phi) is 2.84. The van der Waals surface area contributed by atoms with Crippen LogP contribution in [0.5, 0.6) is 0 Å². The number of carbonyl (C=O) groups is 1. The van der Waals surface area contributed by atoms with Gasteiger partial charge in [0.25, 0.3) is 0 Å². The van der Waals surface area contributed by atoms with Crippen molar-refractivity contribution in [1.29, 1.82) is 0 Å². The van der Waals surface area contributed by atoms with Gasteiger partial charge in [0, 0.05) is 6.42 Å². The quantitative estimate of drug-likeness (QED) is 0.787. The Bertz CT molecular complexity index is 310. The van der Waals surface area contributed by atoms with Gasteiger partial charge in [-0.25, -0.2) is 0 Å². The van der Waals surface area contributed by atoms with Gasteiger partial charge in [0.2, 0.25) is 0 Å². The van der Waals surface area contributed by atoms with Crippen LogP contribution in [-0.4, -0.2) is 54.1 Å². The minimum atomic E-state index is -0.692. The fraction of sp³-hybridized carbons (Fsp3) is 0.917. The van der Waals surface area contributed by atoms with E-state index >= 15 is 0 Å². The van der Waals surface area contributed by atoms with Crippen molar-refractivity contribution in [1.82, 2.24) is 4.90 Å².